The maximum Gasteiger partial charge on any atom is 0.310 e. The van der Waals surface area contributed by atoms with Crippen molar-refractivity contribution >= 4 is 49.2 Å². The van der Waals surface area contributed by atoms with Crippen molar-refractivity contribution in [1.29, 1.82) is 0 Å². The standard InChI is InChI=1S/C19H17Br2FO2S/c1-19(2)13(9-15(20)21)16(19)18(23)24-10-11-5-3-6-12(17(11)22)14-7-4-8-25-14/h3-9,13,16H,10H2,1-2H3. The van der Waals surface area contributed by atoms with Crippen molar-refractivity contribution in [3.05, 3.63) is 56.6 Å². The van der Waals surface area contributed by atoms with Crippen LogP contribution in [0.25, 0.3) is 10.4 Å². The van der Waals surface area contributed by atoms with Crippen LogP contribution in [0.1, 0.15) is 19.4 Å². The summed E-state index contributed by atoms with van der Waals surface area (Å²) in [6.45, 7) is 4.00. The van der Waals surface area contributed by atoms with Crippen LogP contribution in [-0.2, 0) is 16.1 Å². The minimum Gasteiger partial charge on any atom is -0.460 e. The Labute approximate surface area is 167 Å². The Kier molecular flexibility index (Phi) is 5.51. The number of thiophene rings is 1. The lowest BCUT2D eigenvalue weighted by molar-refractivity contribution is -0.147. The highest BCUT2D eigenvalue weighted by molar-refractivity contribution is 9.28. The van der Waals surface area contributed by atoms with Crippen LogP contribution < -0.4 is 0 Å². The van der Waals surface area contributed by atoms with Crippen LogP contribution in [0.3, 0.4) is 0 Å². The van der Waals surface area contributed by atoms with Crippen molar-refractivity contribution in [2.45, 2.75) is 20.5 Å². The van der Waals surface area contributed by atoms with Gasteiger partial charge < -0.3 is 4.74 Å². The number of allylic oxidation sites excluding steroid dienone is 1. The zero-order valence-electron chi connectivity index (χ0n) is 13.8. The summed E-state index contributed by atoms with van der Waals surface area (Å²) in [5.74, 6) is -0.710. The van der Waals surface area contributed by atoms with Gasteiger partial charge in [0.05, 0.1) is 9.31 Å². The Morgan fingerprint density at radius 3 is 2.72 bits per heavy atom. The van der Waals surface area contributed by atoms with Gasteiger partial charge in [-0.1, -0.05) is 44.2 Å². The Hall–Kier alpha value is -0.980. The summed E-state index contributed by atoms with van der Waals surface area (Å²) in [7, 11) is 0. The van der Waals surface area contributed by atoms with Crippen LogP contribution in [-0.4, -0.2) is 5.97 Å². The predicted molar refractivity (Wildman–Crippen MR) is 106 cm³/mol. The van der Waals surface area contributed by atoms with E-state index in [1.807, 2.05) is 37.4 Å². The molecule has 1 aliphatic rings. The van der Waals surface area contributed by atoms with Crippen LogP contribution in [0.4, 0.5) is 4.39 Å². The molecule has 1 heterocycles. The fraction of sp³-hybridized carbons (Fsp3) is 0.316. The van der Waals surface area contributed by atoms with E-state index < -0.39 is 0 Å². The molecule has 0 aliphatic heterocycles. The summed E-state index contributed by atoms with van der Waals surface area (Å²) in [6, 6.07) is 8.95. The average molecular weight is 488 g/mol. The molecule has 2 atom stereocenters. The third-order valence-corrected chi connectivity index (χ3v) is 6.14. The van der Waals surface area contributed by atoms with Gasteiger partial charge in [0.1, 0.15) is 12.4 Å². The van der Waals surface area contributed by atoms with Crippen molar-refractivity contribution in [2.75, 3.05) is 0 Å². The SMILES string of the molecule is CC1(C)C(C=C(Br)Br)C1C(=O)OCc1cccc(-c2cccs2)c1F. The molecule has 6 heteroatoms. The van der Waals surface area contributed by atoms with E-state index in [1.54, 1.807) is 18.2 Å². The smallest absolute Gasteiger partial charge is 0.310 e. The lowest BCUT2D eigenvalue weighted by atomic mass is 10.1. The molecule has 2 aromatic rings. The first kappa shape index (κ1) is 18.8. The summed E-state index contributed by atoms with van der Waals surface area (Å²) in [4.78, 5) is 13.3. The minimum atomic E-state index is -0.326. The lowest BCUT2D eigenvalue weighted by Crippen LogP contribution is -2.11. The Bertz CT molecular complexity index is 811. The van der Waals surface area contributed by atoms with Crippen LogP contribution in [0.2, 0.25) is 0 Å². The molecule has 1 fully saturated rings. The number of halogens is 3. The summed E-state index contributed by atoms with van der Waals surface area (Å²) >= 11 is 8.15. The summed E-state index contributed by atoms with van der Waals surface area (Å²) in [5, 5.41) is 1.91. The van der Waals surface area contributed by atoms with E-state index in [0.717, 1.165) is 8.27 Å². The maximum atomic E-state index is 14.7. The minimum absolute atomic E-state index is 0.0532. The van der Waals surface area contributed by atoms with E-state index >= 15 is 0 Å². The Morgan fingerprint density at radius 1 is 1.32 bits per heavy atom. The first-order chi connectivity index (χ1) is 11.8. The third-order valence-electron chi connectivity index (χ3n) is 4.71. The van der Waals surface area contributed by atoms with Crippen molar-refractivity contribution in [1.82, 2.24) is 0 Å². The maximum absolute atomic E-state index is 14.7. The average Bonchev–Trinajstić information content (AvgIpc) is 2.93. The summed E-state index contributed by atoms with van der Waals surface area (Å²) in [6.07, 6.45) is 1.96. The molecule has 25 heavy (non-hydrogen) atoms. The number of rotatable bonds is 5. The highest BCUT2D eigenvalue weighted by Crippen LogP contribution is 2.60. The molecule has 1 saturated carbocycles. The quantitative estimate of drug-likeness (QED) is 0.450. The fourth-order valence-corrected chi connectivity index (χ4v) is 4.44. The van der Waals surface area contributed by atoms with Gasteiger partial charge in [0.2, 0.25) is 0 Å². The number of esters is 1. The summed E-state index contributed by atoms with van der Waals surface area (Å²) in [5.41, 5.74) is 0.784. The molecule has 1 aromatic carbocycles. The molecule has 0 radical (unpaired) electrons. The topological polar surface area (TPSA) is 26.3 Å². The largest absolute Gasteiger partial charge is 0.460 e. The monoisotopic (exact) mass is 486 g/mol. The van der Waals surface area contributed by atoms with Crippen LogP contribution in [0, 0.1) is 23.1 Å². The van der Waals surface area contributed by atoms with Crippen LogP contribution in [0.15, 0.2) is 45.2 Å². The van der Waals surface area contributed by atoms with Gasteiger partial charge in [-0.25, -0.2) is 4.39 Å². The Morgan fingerprint density at radius 2 is 2.08 bits per heavy atom. The van der Waals surface area contributed by atoms with Gasteiger partial charge in [-0.3, -0.25) is 4.79 Å². The molecule has 132 valence electrons. The molecular formula is C19H17Br2FO2S. The normalized spacial score (nSPS) is 20.8. The van der Waals surface area contributed by atoms with Gasteiger partial charge in [-0.15, -0.1) is 11.3 Å². The number of hydrogen-bond donors (Lipinski definition) is 0. The second kappa shape index (κ2) is 7.33. The van der Waals surface area contributed by atoms with E-state index in [0.29, 0.717) is 11.1 Å². The van der Waals surface area contributed by atoms with E-state index in [4.69, 9.17) is 4.74 Å². The number of carbonyl (C=O) groups is 1. The van der Waals surface area contributed by atoms with E-state index in [-0.39, 0.29) is 35.6 Å². The van der Waals surface area contributed by atoms with Crippen molar-refractivity contribution in [2.24, 2.45) is 17.3 Å². The molecule has 0 amide bonds. The zero-order valence-corrected chi connectivity index (χ0v) is 17.8. The van der Waals surface area contributed by atoms with Crippen molar-refractivity contribution in [3.63, 3.8) is 0 Å². The fourth-order valence-electron chi connectivity index (χ4n) is 3.13. The first-order valence-corrected chi connectivity index (χ1v) is 10.3. The van der Waals surface area contributed by atoms with Crippen LogP contribution in [0.5, 0.6) is 0 Å². The highest BCUT2D eigenvalue weighted by atomic mass is 79.9. The predicted octanol–water partition coefficient (Wildman–Crippen LogP) is 6.50. The highest BCUT2D eigenvalue weighted by Gasteiger charge is 2.61. The molecule has 3 rings (SSSR count). The summed E-state index contributed by atoms with van der Waals surface area (Å²) < 4.78 is 20.9. The molecule has 0 N–H and O–H groups in total. The van der Waals surface area contributed by atoms with E-state index in [1.165, 1.54) is 11.3 Å². The number of hydrogen-bond acceptors (Lipinski definition) is 3. The van der Waals surface area contributed by atoms with E-state index in [9.17, 15) is 9.18 Å². The molecule has 2 unspecified atom stereocenters. The molecule has 0 saturated heterocycles. The first-order valence-electron chi connectivity index (χ1n) is 7.83. The van der Waals surface area contributed by atoms with Gasteiger partial charge in [-0.05, 0) is 54.6 Å². The molecule has 1 aliphatic carbocycles. The molecule has 1 aromatic heterocycles. The van der Waals surface area contributed by atoms with Crippen molar-refractivity contribution < 1.29 is 13.9 Å². The number of carbonyl (C=O) groups excluding carboxylic acids is 1. The Balaban J connectivity index is 1.70. The molecular weight excluding hydrogens is 471 g/mol. The second-order valence-corrected chi connectivity index (χ2v) is 10.4. The third kappa shape index (κ3) is 3.91. The number of benzene rings is 1. The van der Waals surface area contributed by atoms with Gasteiger partial charge >= 0.3 is 5.97 Å². The number of ether oxygens (including phenoxy) is 1. The molecule has 2 nitrogen and oxygen atoms in total. The zero-order chi connectivity index (χ0) is 18.2. The molecule has 0 bridgehead atoms. The molecule has 0 spiro atoms. The lowest BCUT2D eigenvalue weighted by Gasteiger charge is -2.09. The van der Waals surface area contributed by atoms with E-state index in [2.05, 4.69) is 31.9 Å². The van der Waals surface area contributed by atoms with Crippen molar-refractivity contribution in [3.8, 4) is 10.4 Å². The second-order valence-electron chi connectivity index (χ2n) is 6.64. The van der Waals surface area contributed by atoms with Gasteiger partial charge in [0.25, 0.3) is 0 Å². The van der Waals surface area contributed by atoms with Gasteiger partial charge in [-0.2, -0.15) is 0 Å². The van der Waals surface area contributed by atoms with Gasteiger partial charge in [0, 0.05) is 16.0 Å². The van der Waals surface area contributed by atoms with Crippen LogP contribution >= 0.6 is 43.2 Å². The van der Waals surface area contributed by atoms with Gasteiger partial charge in [0.15, 0.2) is 0 Å².